The number of hydrogen-bond acceptors (Lipinski definition) is 3. The molecular formula is C29H31N3. The van der Waals surface area contributed by atoms with Crippen LogP contribution in [-0.4, -0.2) is 20.1 Å². The van der Waals surface area contributed by atoms with Crippen LogP contribution in [0.1, 0.15) is 34.7 Å². The fourth-order valence-electron chi connectivity index (χ4n) is 4.22. The topological polar surface area (TPSA) is 41.3 Å². The zero-order valence-electron chi connectivity index (χ0n) is 19.2. The maximum atomic E-state index is 5.81. The van der Waals surface area contributed by atoms with Gasteiger partial charge in [-0.2, -0.15) is 0 Å². The van der Waals surface area contributed by atoms with Gasteiger partial charge in [0, 0.05) is 31.2 Å². The quantitative estimate of drug-likeness (QED) is 0.498. The number of nitrogens with zero attached hydrogens (tertiary/aromatic N) is 1. The van der Waals surface area contributed by atoms with E-state index in [2.05, 4.69) is 105 Å². The van der Waals surface area contributed by atoms with Crippen LogP contribution in [0, 0.1) is 0 Å². The number of nitrogens with one attached hydrogen (secondary N) is 1. The van der Waals surface area contributed by atoms with Crippen molar-refractivity contribution in [3.05, 3.63) is 118 Å². The minimum atomic E-state index is -0.0311. The Hall–Kier alpha value is -3.72. The van der Waals surface area contributed by atoms with Crippen molar-refractivity contribution in [3.63, 3.8) is 0 Å². The van der Waals surface area contributed by atoms with E-state index in [0.29, 0.717) is 5.70 Å². The molecule has 3 aromatic carbocycles. The van der Waals surface area contributed by atoms with Crippen molar-refractivity contribution in [2.75, 3.05) is 19.0 Å². The summed E-state index contributed by atoms with van der Waals surface area (Å²) in [5.74, 6) is 0. The van der Waals surface area contributed by atoms with E-state index in [9.17, 15) is 0 Å². The molecule has 0 amide bonds. The van der Waals surface area contributed by atoms with Crippen LogP contribution in [0.4, 0.5) is 5.69 Å². The number of anilines is 1. The van der Waals surface area contributed by atoms with E-state index in [-0.39, 0.29) is 6.04 Å². The summed E-state index contributed by atoms with van der Waals surface area (Å²) in [6.45, 7) is 14.1. The molecule has 1 unspecified atom stereocenters. The third-order valence-electron chi connectivity index (χ3n) is 6.16. The highest BCUT2D eigenvalue weighted by molar-refractivity contribution is 5.84. The molecule has 0 fully saturated rings. The van der Waals surface area contributed by atoms with Gasteiger partial charge in [0.15, 0.2) is 0 Å². The van der Waals surface area contributed by atoms with E-state index in [0.717, 1.165) is 22.9 Å². The summed E-state index contributed by atoms with van der Waals surface area (Å²) in [5.41, 5.74) is 15.9. The summed E-state index contributed by atoms with van der Waals surface area (Å²) in [6, 6.07) is 21.8. The van der Waals surface area contributed by atoms with Crippen LogP contribution in [0.2, 0.25) is 0 Å². The lowest BCUT2D eigenvalue weighted by atomic mass is 9.83. The third kappa shape index (κ3) is 4.06. The molecule has 0 radical (unpaired) electrons. The Bertz CT molecular complexity index is 1310. The first kappa shape index (κ1) is 21.5. The molecular weight excluding hydrogens is 390 g/mol. The lowest BCUT2D eigenvalue weighted by molar-refractivity contribution is 0.738. The zero-order valence-corrected chi connectivity index (χ0v) is 19.2. The normalized spacial score (nSPS) is 13.0. The first-order valence-corrected chi connectivity index (χ1v) is 10.9. The SMILES string of the molecule is C=C(NC(C)C(=C)N)c1ccc(C2=c3ccc(=C)cc3Cc3cc(N(C)C)ccc32)cc1. The first-order chi connectivity index (χ1) is 15.2. The van der Waals surface area contributed by atoms with Gasteiger partial charge in [-0.15, -0.1) is 0 Å². The summed E-state index contributed by atoms with van der Waals surface area (Å²) in [7, 11) is 4.16. The Morgan fingerprint density at radius 1 is 0.969 bits per heavy atom. The van der Waals surface area contributed by atoms with Crippen LogP contribution in [0.25, 0.3) is 17.8 Å². The molecule has 0 saturated carbocycles. The van der Waals surface area contributed by atoms with Gasteiger partial charge in [0.2, 0.25) is 0 Å². The van der Waals surface area contributed by atoms with Crippen molar-refractivity contribution in [3.8, 4) is 0 Å². The number of hydrogen-bond donors (Lipinski definition) is 2. The van der Waals surface area contributed by atoms with Gasteiger partial charge in [-0.1, -0.05) is 68.3 Å². The Labute approximate surface area is 190 Å². The zero-order chi connectivity index (χ0) is 23.0. The molecule has 0 aliphatic heterocycles. The minimum absolute atomic E-state index is 0.0311. The molecule has 3 nitrogen and oxygen atoms in total. The molecule has 32 heavy (non-hydrogen) atoms. The van der Waals surface area contributed by atoms with Gasteiger partial charge in [-0.25, -0.2) is 0 Å². The average molecular weight is 422 g/mol. The Morgan fingerprint density at radius 2 is 1.69 bits per heavy atom. The van der Waals surface area contributed by atoms with Gasteiger partial charge >= 0.3 is 0 Å². The Morgan fingerprint density at radius 3 is 2.34 bits per heavy atom. The second-order valence-electron chi connectivity index (χ2n) is 8.78. The molecule has 4 rings (SSSR count). The van der Waals surface area contributed by atoms with Crippen molar-refractivity contribution in [2.24, 2.45) is 5.73 Å². The van der Waals surface area contributed by atoms with Gasteiger partial charge in [0.25, 0.3) is 0 Å². The van der Waals surface area contributed by atoms with E-state index < -0.39 is 0 Å². The highest BCUT2D eigenvalue weighted by Crippen LogP contribution is 2.32. The molecule has 3 heteroatoms. The highest BCUT2D eigenvalue weighted by Gasteiger charge is 2.19. The monoisotopic (exact) mass is 421 g/mol. The predicted molar refractivity (Wildman–Crippen MR) is 138 cm³/mol. The van der Waals surface area contributed by atoms with E-state index in [1.807, 2.05) is 6.92 Å². The van der Waals surface area contributed by atoms with Gasteiger partial charge in [-0.05, 0) is 69.3 Å². The van der Waals surface area contributed by atoms with Crippen molar-refractivity contribution >= 4 is 23.5 Å². The van der Waals surface area contributed by atoms with Crippen molar-refractivity contribution in [2.45, 2.75) is 19.4 Å². The number of nitrogens with two attached hydrogens (primary N) is 1. The second kappa shape index (κ2) is 8.43. The molecule has 1 atom stereocenters. The summed E-state index contributed by atoms with van der Waals surface area (Å²) >= 11 is 0. The Balaban J connectivity index is 1.81. The molecule has 0 spiro atoms. The summed E-state index contributed by atoms with van der Waals surface area (Å²) in [6.07, 6.45) is 0.916. The molecule has 1 aliphatic rings. The van der Waals surface area contributed by atoms with Crippen LogP contribution in [0.3, 0.4) is 0 Å². The number of benzene rings is 3. The van der Waals surface area contributed by atoms with Crippen molar-refractivity contribution in [1.82, 2.24) is 5.32 Å². The van der Waals surface area contributed by atoms with Gasteiger partial charge in [-0.3, -0.25) is 0 Å². The third-order valence-corrected chi connectivity index (χ3v) is 6.16. The average Bonchev–Trinajstić information content (AvgIpc) is 2.76. The molecule has 0 bridgehead atoms. The van der Waals surface area contributed by atoms with Crippen LogP contribution >= 0.6 is 0 Å². The van der Waals surface area contributed by atoms with Crippen LogP contribution in [-0.2, 0) is 6.42 Å². The van der Waals surface area contributed by atoms with Gasteiger partial charge < -0.3 is 16.0 Å². The standard InChI is InChI=1S/C29H31N3/c1-18-7-13-27-24(15-18)16-25-17-26(32(5)6)12-14-28(25)29(27)23-10-8-22(9-11-23)21(4)31-20(3)19(2)30/h7-15,17,20,31H,1-2,4,16,30H2,3,5-6H3. The minimum Gasteiger partial charge on any atom is -0.401 e. The lowest BCUT2D eigenvalue weighted by Crippen LogP contribution is -2.29. The van der Waals surface area contributed by atoms with Crippen molar-refractivity contribution in [1.29, 1.82) is 0 Å². The number of fused-ring (bicyclic) bond motifs is 2. The number of rotatable bonds is 6. The molecule has 0 heterocycles. The fraction of sp³-hybridized carbons (Fsp3) is 0.172. The maximum Gasteiger partial charge on any atom is 0.0623 e. The molecule has 162 valence electrons. The first-order valence-electron chi connectivity index (χ1n) is 10.9. The van der Waals surface area contributed by atoms with Gasteiger partial charge in [0.05, 0.1) is 6.04 Å². The summed E-state index contributed by atoms with van der Waals surface area (Å²) in [5, 5.41) is 5.63. The van der Waals surface area contributed by atoms with E-state index in [1.165, 1.54) is 38.7 Å². The maximum absolute atomic E-state index is 5.81. The van der Waals surface area contributed by atoms with Crippen molar-refractivity contribution < 1.29 is 0 Å². The molecule has 3 N–H and O–H groups in total. The summed E-state index contributed by atoms with van der Waals surface area (Å²) in [4.78, 5) is 2.15. The summed E-state index contributed by atoms with van der Waals surface area (Å²) < 4.78 is 0. The molecule has 0 saturated heterocycles. The largest absolute Gasteiger partial charge is 0.401 e. The van der Waals surface area contributed by atoms with E-state index >= 15 is 0 Å². The molecule has 1 aliphatic carbocycles. The molecule has 0 aromatic heterocycles. The highest BCUT2D eigenvalue weighted by atomic mass is 15.1. The second-order valence-corrected chi connectivity index (χ2v) is 8.78. The van der Waals surface area contributed by atoms with Crippen LogP contribution in [0.15, 0.2) is 79.5 Å². The predicted octanol–water partition coefficient (Wildman–Crippen LogP) is 3.74. The van der Waals surface area contributed by atoms with E-state index in [1.54, 1.807) is 0 Å². The Kier molecular flexibility index (Phi) is 5.67. The lowest BCUT2D eigenvalue weighted by Gasteiger charge is -2.23. The fourth-order valence-corrected chi connectivity index (χ4v) is 4.22. The van der Waals surface area contributed by atoms with E-state index in [4.69, 9.17) is 5.73 Å². The van der Waals surface area contributed by atoms with Gasteiger partial charge in [0.1, 0.15) is 0 Å². The molecule has 3 aromatic rings. The van der Waals surface area contributed by atoms with Crippen LogP contribution in [0.5, 0.6) is 0 Å². The van der Waals surface area contributed by atoms with Crippen LogP contribution < -0.4 is 26.4 Å². The smallest absolute Gasteiger partial charge is 0.0623 e.